The van der Waals surface area contributed by atoms with Crippen LogP contribution in [-0.4, -0.2) is 60.0 Å². The summed E-state index contributed by atoms with van der Waals surface area (Å²) in [6.07, 6.45) is 7.97. The lowest BCUT2D eigenvalue weighted by molar-refractivity contribution is 0.587. The van der Waals surface area contributed by atoms with E-state index >= 15 is 0 Å². The third-order valence-corrected chi connectivity index (χ3v) is 11.3. The lowest BCUT2D eigenvalue weighted by Crippen LogP contribution is -2.13. The zero-order chi connectivity index (χ0) is 42.5. The molecular formula is C48H52N12. The van der Waals surface area contributed by atoms with Crippen molar-refractivity contribution in [1.29, 1.82) is 0 Å². The van der Waals surface area contributed by atoms with E-state index in [9.17, 15) is 0 Å². The topological polar surface area (TPSA) is 123 Å². The van der Waals surface area contributed by atoms with E-state index in [0.717, 1.165) is 90.0 Å². The van der Waals surface area contributed by atoms with Crippen molar-refractivity contribution in [3.8, 4) is 67.8 Å². The molecule has 8 aromatic rings. The second-order valence-corrected chi connectivity index (χ2v) is 20.3. The van der Waals surface area contributed by atoms with Crippen molar-refractivity contribution in [1.82, 2.24) is 60.0 Å². The van der Waals surface area contributed by atoms with Gasteiger partial charge in [0, 0.05) is 22.3 Å². The monoisotopic (exact) mass is 796 g/mol. The summed E-state index contributed by atoms with van der Waals surface area (Å²) in [5.41, 5.74) is 14.2. The molecule has 0 saturated carbocycles. The summed E-state index contributed by atoms with van der Waals surface area (Å²) in [5, 5.41) is 37.7. The highest BCUT2D eigenvalue weighted by Crippen LogP contribution is 2.36. The summed E-state index contributed by atoms with van der Waals surface area (Å²) in [6.45, 7) is 26.5. The zero-order valence-corrected chi connectivity index (χ0v) is 36.6. The summed E-state index contributed by atoms with van der Waals surface area (Å²) in [7, 11) is 0. The van der Waals surface area contributed by atoms with Gasteiger partial charge in [-0.05, 0) is 117 Å². The van der Waals surface area contributed by atoms with Gasteiger partial charge < -0.3 is 0 Å². The lowest BCUT2D eigenvalue weighted by Gasteiger charge is -2.21. The van der Waals surface area contributed by atoms with Gasteiger partial charge in [0.2, 0.25) is 0 Å². The van der Waals surface area contributed by atoms with E-state index < -0.39 is 0 Å². The van der Waals surface area contributed by atoms with E-state index in [0.29, 0.717) is 0 Å². The van der Waals surface area contributed by atoms with Crippen molar-refractivity contribution in [2.75, 3.05) is 0 Å². The highest BCUT2D eigenvalue weighted by Gasteiger charge is 2.24. The van der Waals surface area contributed by atoms with E-state index in [1.165, 1.54) is 0 Å². The number of nitrogens with zero attached hydrogens (tertiary/aromatic N) is 12. The van der Waals surface area contributed by atoms with Crippen LogP contribution in [0.3, 0.4) is 0 Å². The van der Waals surface area contributed by atoms with Gasteiger partial charge in [-0.25, -0.2) is 18.7 Å². The quantitative estimate of drug-likeness (QED) is 0.149. The molecule has 60 heavy (non-hydrogen) atoms. The first kappa shape index (κ1) is 38.9. The van der Waals surface area contributed by atoms with Crippen LogP contribution in [0.4, 0.5) is 0 Å². The number of benzene rings is 4. The molecule has 1 aliphatic rings. The number of rotatable bonds is 0. The predicted molar refractivity (Wildman–Crippen MR) is 236 cm³/mol. The summed E-state index contributed by atoms with van der Waals surface area (Å²) in [4.78, 5) is 0. The van der Waals surface area contributed by atoms with Gasteiger partial charge in [-0.2, -0.15) is 0 Å². The Morgan fingerprint density at radius 2 is 0.500 bits per heavy atom. The average molecular weight is 797 g/mol. The summed E-state index contributed by atoms with van der Waals surface area (Å²) < 4.78 is 7.37. The minimum absolute atomic E-state index is 0.146. The van der Waals surface area contributed by atoms with Gasteiger partial charge in [0.05, 0.1) is 47.5 Å². The van der Waals surface area contributed by atoms with Crippen LogP contribution in [-0.2, 0) is 21.7 Å². The first-order valence-corrected chi connectivity index (χ1v) is 20.5. The number of hydrogen-bond acceptors (Lipinski definition) is 8. The van der Waals surface area contributed by atoms with Crippen molar-refractivity contribution in [2.24, 2.45) is 0 Å². The standard InChI is InChI=1S/C48H52N12/c1-45(2,3)33-15-29-13-30(16-33)42-26-58(54-50-42)38-20-36(48(10,11)12)22-40(24-38)60-28-44(52-56-60)32-14-31(17-34(18-32)46(4,5)6)43-27-59(55-51-43)39-21-35(47(7,8)9)19-37(23-39)57-25-41(29)49-53-57/h13-28H,1-12H3. The fraction of sp³-hybridized carbons (Fsp3) is 0.333. The zero-order valence-electron chi connectivity index (χ0n) is 36.6. The molecule has 0 spiro atoms. The van der Waals surface area contributed by atoms with E-state index in [1.807, 2.05) is 43.5 Å². The van der Waals surface area contributed by atoms with E-state index in [2.05, 4.69) is 177 Å². The Hall–Kier alpha value is -6.56. The Balaban J connectivity index is 1.30. The fourth-order valence-corrected chi connectivity index (χ4v) is 7.39. The van der Waals surface area contributed by atoms with Gasteiger partial charge >= 0.3 is 0 Å². The third kappa shape index (κ3) is 7.35. The molecule has 304 valence electrons. The van der Waals surface area contributed by atoms with Crippen molar-refractivity contribution in [2.45, 2.75) is 105 Å². The first-order valence-electron chi connectivity index (χ1n) is 20.5. The van der Waals surface area contributed by atoms with E-state index in [1.54, 1.807) is 0 Å². The molecule has 0 N–H and O–H groups in total. The predicted octanol–water partition coefficient (Wildman–Crippen LogP) is 10.2. The van der Waals surface area contributed by atoms with Gasteiger partial charge in [0.1, 0.15) is 22.8 Å². The Kier molecular flexibility index (Phi) is 8.75. The molecule has 0 saturated heterocycles. The number of hydrogen-bond donors (Lipinski definition) is 0. The maximum Gasteiger partial charge on any atom is 0.113 e. The number of fused-ring (bicyclic) bond motifs is 24. The molecule has 12 nitrogen and oxygen atoms in total. The van der Waals surface area contributed by atoms with Crippen LogP contribution >= 0.6 is 0 Å². The Morgan fingerprint density at radius 3 is 0.717 bits per heavy atom. The molecule has 0 unspecified atom stereocenters. The van der Waals surface area contributed by atoms with Gasteiger partial charge in [-0.1, -0.05) is 104 Å². The molecule has 0 atom stereocenters. The molecule has 4 aromatic carbocycles. The second-order valence-electron chi connectivity index (χ2n) is 20.3. The third-order valence-electron chi connectivity index (χ3n) is 11.3. The Morgan fingerprint density at radius 1 is 0.283 bits per heavy atom. The molecule has 0 fully saturated rings. The molecule has 0 aliphatic carbocycles. The molecule has 12 heteroatoms. The largest absolute Gasteiger partial charge is 0.220 e. The van der Waals surface area contributed by atoms with Gasteiger partial charge in [-0.3, -0.25) is 0 Å². The molecule has 0 radical (unpaired) electrons. The van der Waals surface area contributed by atoms with E-state index in [-0.39, 0.29) is 21.7 Å². The summed E-state index contributed by atoms with van der Waals surface area (Å²) in [6, 6.07) is 25.9. The maximum atomic E-state index is 4.74. The van der Waals surface area contributed by atoms with Crippen molar-refractivity contribution in [3.63, 3.8) is 0 Å². The normalized spacial score (nSPS) is 13.0. The molecule has 0 amide bonds. The van der Waals surface area contributed by atoms with Crippen LogP contribution in [0.25, 0.3) is 67.8 Å². The molecule has 1 aliphatic heterocycles. The average Bonchev–Trinajstić information content (AvgIpc) is 4.03. The van der Waals surface area contributed by atoms with Crippen LogP contribution in [0.5, 0.6) is 0 Å². The highest BCUT2D eigenvalue weighted by atomic mass is 15.4. The molecule has 9 rings (SSSR count). The highest BCUT2D eigenvalue weighted by molar-refractivity contribution is 5.73. The molecule has 16 bridgehead atoms. The summed E-state index contributed by atoms with van der Waals surface area (Å²) in [5.74, 6) is 0. The van der Waals surface area contributed by atoms with Crippen LogP contribution in [0.1, 0.15) is 105 Å². The van der Waals surface area contributed by atoms with Crippen LogP contribution in [0.2, 0.25) is 0 Å². The van der Waals surface area contributed by atoms with Crippen molar-refractivity contribution >= 4 is 0 Å². The maximum absolute atomic E-state index is 4.74. The van der Waals surface area contributed by atoms with Gasteiger partial charge in [0.25, 0.3) is 0 Å². The Bertz CT molecular complexity index is 2380. The van der Waals surface area contributed by atoms with E-state index in [4.69, 9.17) is 20.4 Å². The molecule has 5 heterocycles. The van der Waals surface area contributed by atoms with Crippen molar-refractivity contribution in [3.05, 3.63) is 120 Å². The molecular weight excluding hydrogens is 745 g/mol. The second kappa shape index (κ2) is 13.5. The summed E-state index contributed by atoms with van der Waals surface area (Å²) >= 11 is 0. The van der Waals surface area contributed by atoms with Crippen molar-refractivity contribution < 1.29 is 0 Å². The van der Waals surface area contributed by atoms with Crippen LogP contribution in [0.15, 0.2) is 97.6 Å². The van der Waals surface area contributed by atoms with Gasteiger partial charge in [-0.15, -0.1) is 20.4 Å². The Labute approximate surface area is 351 Å². The minimum atomic E-state index is -0.157. The van der Waals surface area contributed by atoms with Gasteiger partial charge in [0.15, 0.2) is 0 Å². The minimum Gasteiger partial charge on any atom is -0.220 e. The molecule has 4 aromatic heterocycles. The SMILES string of the molecule is CC(C)(C)c1cc2cc(c1)-c1cn(nn1)-c1cc(cc(C(C)(C)C)c1)-n1cc(nn1)-c1cc(cc(C(C)(C)C)c1)-c1cn(nn1)-c1cc(cc(C(C)(C)C)c1)-n1cc-2nn1. The fourth-order valence-electron chi connectivity index (χ4n) is 7.39. The van der Waals surface area contributed by atoms with Crippen LogP contribution < -0.4 is 0 Å². The van der Waals surface area contributed by atoms with Crippen LogP contribution in [0, 0.1) is 0 Å². The first-order chi connectivity index (χ1) is 28.2. The number of aromatic nitrogens is 12. The lowest BCUT2D eigenvalue weighted by atomic mass is 9.84. The smallest absolute Gasteiger partial charge is 0.113 e.